The van der Waals surface area contributed by atoms with Gasteiger partial charge in [-0.2, -0.15) is 0 Å². The highest BCUT2D eigenvalue weighted by Gasteiger charge is 2.27. The van der Waals surface area contributed by atoms with E-state index >= 15 is 0 Å². The smallest absolute Gasteiger partial charge is 0.349 e. The topological polar surface area (TPSA) is 83.7 Å². The number of hydrogen-bond donors (Lipinski definition) is 0. The van der Waals surface area contributed by atoms with Gasteiger partial charge in [-0.05, 0) is 30.5 Å². The van der Waals surface area contributed by atoms with Gasteiger partial charge in [0, 0.05) is 48.8 Å². The second-order valence-corrected chi connectivity index (χ2v) is 7.93. The third-order valence-corrected chi connectivity index (χ3v) is 5.87. The average Bonchev–Trinajstić information content (AvgIpc) is 2.83. The quantitative estimate of drug-likeness (QED) is 0.362. The summed E-state index contributed by atoms with van der Waals surface area (Å²) in [5.74, 6) is -0.486. The van der Waals surface area contributed by atoms with Crippen LogP contribution >= 0.6 is 0 Å². The molecule has 2 amide bonds. The van der Waals surface area contributed by atoms with Gasteiger partial charge in [-0.25, -0.2) is 4.79 Å². The van der Waals surface area contributed by atoms with Gasteiger partial charge in [-0.3, -0.25) is 14.6 Å². The molecular weight excluding hydrogens is 406 g/mol. The number of carbonyl (C=O) groups is 2. The SMILES string of the molecule is Cc1ccc(C(=O)N2CCN(C(=O)c3cc4ccc5ccccc5c4oc3=O)CC2)cn1. The Morgan fingerprint density at radius 1 is 0.875 bits per heavy atom. The molecule has 0 saturated carbocycles. The first-order valence-electron chi connectivity index (χ1n) is 10.5. The number of amides is 2. The minimum absolute atomic E-state index is 0.00953. The lowest BCUT2D eigenvalue weighted by Crippen LogP contribution is -2.51. The number of aryl methyl sites for hydroxylation is 1. The van der Waals surface area contributed by atoms with E-state index in [0.717, 1.165) is 16.5 Å². The van der Waals surface area contributed by atoms with E-state index in [1.165, 1.54) is 0 Å². The molecule has 0 unspecified atom stereocenters. The number of benzene rings is 2. The van der Waals surface area contributed by atoms with Crippen molar-refractivity contribution in [1.29, 1.82) is 0 Å². The molecule has 5 rings (SSSR count). The Bertz CT molecular complexity index is 1400. The molecule has 1 saturated heterocycles. The number of aromatic nitrogens is 1. The third kappa shape index (κ3) is 3.51. The standard InChI is InChI=1S/C25H21N3O4/c1-16-6-7-19(15-26-16)23(29)27-10-12-28(13-11-27)24(30)21-14-18-9-8-17-4-2-3-5-20(17)22(18)32-25(21)31/h2-9,14-15H,10-13H2,1H3. The van der Waals surface area contributed by atoms with Crippen LogP contribution in [0.25, 0.3) is 21.7 Å². The minimum Gasteiger partial charge on any atom is -0.421 e. The van der Waals surface area contributed by atoms with Crippen molar-refractivity contribution < 1.29 is 14.0 Å². The van der Waals surface area contributed by atoms with E-state index in [9.17, 15) is 14.4 Å². The van der Waals surface area contributed by atoms with Gasteiger partial charge in [-0.1, -0.05) is 36.4 Å². The van der Waals surface area contributed by atoms with Gasteiger partial charge < -0.3 is 14.2 Å². The van der Waals surface area contributed by atoms with Crippen molar-refractivity contribution in [3.8, 4) is 0 Å². The van der Waals surface area contributed by atoms with Crippen molar-refractivity contribution >= 4 is 33.6 Å². The zero-order valence-electron chi connectivity index (χ0n) is 17.6. The van der Waals surface area contributed by atoms with Crippen LogP contribution in [-0.2, 0) is 0 Å². The fourth-order valence-corrected chi connectivity index (χ4v) is 4.06. The van der Waals surface area contributed by atoms with E-state index < -0.39 is 5.63 Å². The van der Waals surface area contributed by atoms with Crippen LogP contribution < -0.4 is 5.63 Å². The summed E-state index contributed by atoms with van der Waals surface area (Å²) in [7, 11) is 0. The van der Waals surface area contributed by atoms with Gasteiger partial charge in [0.25, 0.3) is 11.8 Å². The minimum atomic E-state index is -0.650. The van der Waals surface area contributed by atoms with Crippen LogP contribution in [-0.4, -0.2) is 52.8 Å². The average molecular weight is 427 g/mol. The summed E-state index contributed by atoms with van der Waals surface area (Å²) in [4.78, 5) is 45.9. The normalized spacial score (nSPS) is 14.2. The van der Waals surface area contributed by atoms with Crippen LogP contribution in [0.2, 0.25) is 0 Å². The highest BCUT2D eigenvalue weighted by molar-refractivity contribution is 6.06. The molecule has 0 bridgehead atoms. The van der Waals surface area contributed by atoms with E-state index in [2.05, 4.69) is 4.98 Å². The summed E-state index contributed by atoms with van der Waals surface area (Å²) in [6, 6.07) is 16.6. The van der Waals surface area contributed by atoms with Crippen LogP contribution in [0, 0.1) is 6.92 Å². The Kier molecular flexibility index (Phi) is 4.93. The second kappa shape index (κ2) is 7.92. The number of carbonyl (C=O) groups excluding carboxylic acids is 2. The molecule has 0 spiro atoms. The van der Waals surface area contributed by atoms with Crippen LogP contribution in [0.4, 0.5) is 0 Å². The van der Waals surface area contributed by atoms with Gasteiger partial charge in [0.1, 0.15) is 11.1 Å². The van der Waals surface area contributed by atoms with Crippen molar-refractivity contribution in [2.45, 2.75) is 6.92 Å². The van der Waals surface area contributed by atoms with E-state index in [1.807, 2.05) is 43.3 Å². The maximum atomic E-state index is 13.1. The number of hydrogen-bond acceptors (Lipinski definition) is 5. The summed E-state index contributed by atoms with van der Waals surface area (Å²) in [6.07, 6.45) is 1.57. The molecule has 2 aromatic heterocycles. The number of rotatable bonds is 2. The second-order valence-electron chi connectivity index (χ2n) is 7.93. The first-order chi connectivity index (χ1) is 15.5. The van der Waals surface area contributed by atoms with Crippen molar-refractivity contribution in [3.63, 3.8) is 0 Å². The molecule has 7 nitrogen and oxygen atoms in total. The Morgan fingerprint density at radius 3 is 2.28 bits per heavy atom. The van der Waals surface area contributed by atoms with Gasteiger partial charge in [0.15, 0.2) is 0 Å². The zero-order chi connectivity index (χ0) is 22.2. The summed E-state index contributed by atoms with van der Waals surface area (Å²) in [5, 5.41) is 2.50. The monoisotopic (exact) mass is 427 g/mol. The lowest BCUT2D eigenvalue weighted by molar-refractivity contribution is 0.0533. The van der Waals surface area contributed by atoms with Gasteiger partial charge in [0.2, 0.25) is 0 Å². The Morgan fingerprint density at radius 2 is 1.56 bits per heavy atom. The van der Waals surface area contributed by atoms with Crippen molar-refractivity contribution in [2.75, 3.05) is 26.2 Å². The van der Waals surface area contributed by atoms with Gasteiger partial charge in [0.05, 0.1) is 5.56 Å². The highest BCUT2D eigenvalue weighted by Crippen LogP contribution is 2.25. The number of nitrogens with zero attached hydrogens (tertiary/aromatic N) is 3. The fraction of sp³-hybridized carbons (Fsp3) is 0.200. The van der Waals surface area contributed by atoms with Crippen LogP contribution in [0.5, 0.6) is 0 Å². The first-order valence-corrected chi connectivity index (χ1v) is 10.5. The Labute approximate surface area is 183 Å². The lowest BCUT2D eigenvalue weighted by Gasteiger charge is -2.34. The molecule has 1 aliphatic rings. The summed E-state index contributed by atoms with van der Waals surface area (Å²) >= 11 is 0. The molecule has 0 radical (unpaired) electrons. The molecule has 0 N–H and O–H groups in total. The molecule has 2 aromatic carbocycles. The van der Waals surface area contributed by atoms with Crippen LogP contribution in [0.3, 0.4) is 0 Å². The molecule has 7 heteroatoms. The summed E-state index contributed by atoms with van der Waals surface area (Å²) < 4.78 is 5.57. The predicted molar refractivity (Wildman–Crippen MR) is 121 cm³/mol. The Hall–Kier alpha value is -4.00. The summed E-state index contributed by atoms with van der Waals surface area (Å²) in [6.45, 7) is 3.34. The van der Waals surface area contributed by atoms with Crippen LogP contribution in [0.15, 0.2) is 70.0 Å². The molecule has 160 valence electrons. The maximum Gasteiger partial charge on any atom is 0.349 e. The molecule has 0 atom stereocenters. The third-order valence-electron chi connectivity index (χ3n) is 5.87. The van der Waals surface area contributed by atoms with Crippen molar-refractivity contribution in [2.24, 2.45) is 0 Å². The Balaban J connectivity index is 1.35. The number of pyridine rings is 1. The molecule has 32 heavy (non-hydrogen) atoms. The molecule has 0 aliphatic carbocycles. The van der Waals surface area contributed by atoms with Crippen molar-refractivity contribution in [1.82, 2.24) is 14.8 Å². The largest absolute Gasteiger partial charge is 0.421 e. The van der Waals surface area contributed by atoms with E-state index in [-0.39, 0.29) is 17.4 Å². The van der Waals surface area contributed by atoms with Gasteiger partial charge in [-0.15, -0.1) is 0 Å². The van der Waals surface area contributed by atoms with E-state index in [0.29, 0.717) is 42.7 Å². The molecule has 3 heterocycles. The fourth-order valence-electron chi connectivity index (χ4n) is 4.06. The number of piperazine rings is 1. The zero-order valence-corrected chi connectivity index (χ0v) is 17.6. The van der Waals surface area contributed by atoms with Gasteiger partial charge >= 0.3 is 5.63 Å². The first kappa shape index (κ1) is 19.9. The van der Waals surface area contributed by atoms with Crippen LogP contribution in [0.1, 0.15) is 26.4 Å². The molecule has 1 aliphatic heterocycles. The molecule has 4 aromatic rings. The van der Waals surface area contributed by atoms with Crippen molar-refractivity contribution in [3.05, 3.63) is 88.0 Å². The predicted octanol–water partition coefficient (Wildman–Crippen LogP) is 3.25. The lowest BCUT2D eigenvalue weighted by atomic mass is 10.1. The highest BCUT2D eigenvalue weighted by atomic mass is 16.4. The van der Waals surface area contributed by atoms with E-state index in [4.69, 9.17) is 4.42 Å². The molecular formula is C25H21N3O4. The number of fused-ring (bicyclic) bond motifs is 3. The van der Waals surface area contributed by atoms with E-state index in [1.54, 1.807) is 34.2 Å². The maximum absolute atomic E-state index is 13.1. The molecule has 1 fully saturated rings. The summed E-state index contributed by atoms with van der Waals surface area (Å²) in [5.41, 5.74) is 1.21.